The van der Waals surface area contributed by atoms with Crippen LogP contribution < -0.4 is 15.4 Å². The van der Waals surface area contributed by atoms with Gasteiger partial charge >= 0.3 is 0 Å². The fourth-order valence-electron chi connectivity index (χ4n) is 4.35. The largest absolute Gasteiger partial charge is 0.496 e. The van der Waals surface area contributed by atoms with Crippen molar-refractivity contribution in [3.8, 4) is 5.75 Å². The van der Waals surface area contributed by atoms with Crippen molar-refractivity contribution in [3.05, 3.63) is 29.3 Å². The van der Waals surface area contributed by atoms with Crippen molar-refractivity contribution in [3.63, 3.8) is 0 Å². The summed E-state index contributed by atoms with van der Waals surface area (Å²) in [6, 6.07) is 3.72. The van der Waals surface area contributed by atoms with Crippen LogP contribution in [0.4, 0.5) is 0 Å². The second kappa shape index (κ2) is 10.6. The highest BCUT2D eigenvalue weighted by Gasteiger charge is 2.54. The fraction of sp³-hybridized carbons (Fsp3) is 0.625. The third-order valence-corrected chi connectivity index (χ3v) is 6.39. The van der Waals surface area contributed by atoms with Crippen LogP contribution in [0.15, 0.2) is 18.2 Å². The first kappa shape index (κ1) is 25.1. The number of rotatable bonds is 11. The van der Waals surface area contributed by atoms with Crippen LogP contribution in [0.3, 0.4) is 0 Å². The molecule has 1 aromatic carbocycles. The number of carbonyl (C=O) groups is 3. The van der Waals surface area contributed by atoms with Gasteiger partial charge in [0.2, 0.25) is 11.8 Å². The quantitative estimate of drug-likeness (QED) is 0.343. The molecule has 0 radical (unpaired) electrons. The normalized spacial score (nSPS) is 23.3. The number of nitrogens with one attached hydrogen (secondary N) is 2. The van der Waals surface area contributed by atoms with E-state index in [0.29, 0.717) is 19.3 Å². The maximum atomic E-state index is 12.9. The van der Waals surface area contributed by atoms with Crippen molar-refractivity contribution in [1.29, 1.82) is 0 Å². The first-order valence-corrected chi connectivity index (χ1v) is 11.4. The average molecular weight is 463 g/mol. The van der Waals surface area contributed by atoms with Crippen molar-refractivity contribution in [2.45, 2.75) is 57.2 Å². The summed E-state index contributed by atoms with van der Waals surface area (Å²) in [7, 11) is 1.59. The van der Waals surface area contributed by atoms with Crippen LogP contribution in [0.1, 0.15) is 37.8 Å². The molecule has 1 aromatic rings. The van der Waals surface area contributed by atoms with E-state index >= 15 is 0 Å². The third-order valence-electron chi connectivity index (χ3n) is 6.39. The lowest BCUT2D eigenvalue weighted by atomic mass is 9.83. The zero-order valence-electron chi connectivity index (χ0n) is 19.4. The minimum Gasteiger partial charge on any atom is -0.496 e. The zero-order chi connectivity index (χ0) is 24.2. The highest BCUT2D eigenvalue weighted by Crippen LogP contribution is 2.32. The molecular weight excluding hydrogens is 428 g/mol. The van der Waals surface area contributed by atoms with E-state index in [0.717, 1.165) is 23.3 Å². The molecule has 0 aromatic heterocycles. The van der Waals surface area contributed by atoms with E-state index in [1.165, 1.54) is 0 Å². The molecule has 9 heteroatoms. The molecule has 1 aliphatic carbocycles. The summed E-state index contributed by atoms with van der Waals surface area (Å²) in [6.07, 6.45) is 2.17. The van der Waals surface area contributed by atoms with E-state index in [1.54, 1.807) is 7.11 Å². The number of aliphatic hydroxyl groups excluding tert-OH is 2. The van der Waals surface area contributed by atoms with Crippen molar-refractivity contribution < 1.29 is 34.1 Å². The van der Waals surface area contributed by atoms with Crippen LogP contribution in [0.5, 0.6) is 5.75 Å². The van der Waals surface area contributed by atoms with E-state index in [9.17, 15) is 24.6 Å². The predicted octanol–water partition coefficient (Wildman–Crippen LogP) is 0.139. The average Bonchev–Trinajstić information content (AvgIpc) is 3.61. The van der Waals surface area contributed by atoms with Crippen LogP contribution in [0.2, 0.25) is 0 Å². The molecular formula is C24H34N2O7. The molecule has 1 saturated heterocycles. The Kier molecular flexibility index (Phi) is 8.10. The number of aryl methyl sites for hydroxylation is 1. The molecule has 1 heterocycles. The Balaban J connectivity index is 1.65. The number of epoxide rings is 1. The Bertz CT molecular complexity index is 867. The lowest BCUT2D eigenvalue weighted by Gasteiger charge is -2.28. The predicted molar refractivity (Wildman–Crippen MR) is 120 cm³/mol. The SMILES string of the molecule is COc1cccc2c1CC(C(=O)N[C@@H](CO)C(=O)NC(CC(C)C)C(=O)C1(CO)CO1)CC2. The van der Waals surface area contributed by atoms with Gasteiger partial charge in [0.15, 0.2) is 11.4 Å². The summed E-state index contributed by atoms with van der Waals surface area (Å²) >= 11 is 0. The second-order valence-corrected chi connectivity index (χ2v) is 9.28. The highest BCUT2D eigenvalue weighted by atomic mass is 16.6. The number of aliphatic hydroxyl groups is 2. The van der Waals surface area contributed by atoms with Gasteiger partial charge < -0.3 is 30.3 Å². The number of ether oxygens (including phenoxy) is 2. The molecule has 9 nitrogen and oxygen atoms in total. The summed E-state index contributed by atoms with van der Waals surface area (Å²) < 4.78 is 10.6. The summed E-state index contributed by atoms with van der Waals surface area (Å²) in [5, 5.41) is 24.6. The number of methoxy groups -OCH3 is 1. The minimum absolute atomic E-state index is 0.0909. The number of fused-ring (bicyclic) bond motifs is 1. The Morgan fingerprint density at radius 1 is 1.21 bits per heavy atom. The maximum Gasteiger partial charge on any atom is 0.245 e. The topological polar surface area (TPSA) is 137 Å². The molecule has 1 aliphatic heterocycles. The van der Waals surface area contributed by atoms with Gasteiger partial charge in [-0.1, -0.05) is 26.0 Å². The van der Waals surface area contributed by atoms with Gasteiger partial charge in [0, 0.05) is 5.92 Å². The summed E-state index contributed by atoms with van der Waals surface area (Å²) in [5.41, 5.74) is 0.863. The summed E-state index contributed by atoms with van der Waals surface area (Å²) in [5.74, 6) is -0.908. The van der Waals surface area contributed by atoms with Gasteiger partial charge in [0.25, 0.3) is 0 Å². The number of benzene rings is 1. The Morgan fingerprint density at radius 3 is 2.52 bits per heavy atom. The first-order valence-electron chi connectivity index (χ1n) is 11.4. The fourth-order valence-corrected chi connectivity index (χ4v) is 4.35. The number of ketones is 1. The number of carbonyl (C=O) groups excluding carboxylic acids is 3. The van der Waals surface area contributed by atoms with E-state index < -0.39 is 42.6 Å². The van der Waals surface area contributed by atoms with Crippen molar-refractivity contribution in [2.24, 2.45) is 11.8 Å². The zero-order valence-corrected chi connectivity index (χ0v) is 19.4. The monoisotopic (exact) mass is 462 g/mol. The molecule has 0 bridgehead atoms. The molecule has 0 saturated carbocycles. The molecule has 4 N–H and O–H groups in total. The molecule has 33 heavy (non-hydrogen) atoms. The minimum atomic E-state index is -1.26. The van der Waals surface area contributed by atoms with E-state index in [1.807, 2.05) is 32.0 Å². The lowest BCUT2D eigenvalue weighted by Crippen LogP contribution is -2.56. The van der Waals surface area contributed by atoms with Gasteiger partial charge in [0.1, 0.15) is 11.8 Å². The second-order valence-electron chi connectivity index (χ2n) is 9.28. The Hall–Kier alpha value is -2.49. The van der Waals surface area contributed by atoms with Crippen molar-refractivity contribution in [2.75, 3.05) is 26.9 Å². The van der Waals surface area contributed by atoms with Gasteiger partial charge in [-0.2, -0.15) is 0 Å². The van der Waals surface area contributed by atoms with Gasteiger partial charge in [-0.25, -0.2) is 0 Å². The summed E-state index contributed by atoms with van der Waals surface area (Å²) in [4.78, 5) is 38.6. The molecule has 0 spiro atoms. The van der Waals surface area contributed by atoms with Gasteiger partial charge in [0.05, 0.1) is 33.0 Å². The van der Waals surface area contributed by atoms with Crippen LogP contribution >= 0.6 is 0 Å². The summed E-state index contributed by atoms with van der Waals surface area (Å²) in [6.45, 7) is 2.87. The standard InChI is InChI=1S/C24H34N2O7/c1-14(2)9-18(21(29)24(12-28)13-33-24)25-23(31)19(11-27)26-22(30)16-8-7-15-5-4-6-20(32-3)17(15)10-16/h4-6,14,16,18-19,27-28H,7-13H2,1-3H3,(H,25,31)(H,26,30)/t16?,18?,19-,24?/m0/s1. The number of hydrogen-bond donors (Lipinski definition) is 4. The first-order chi connectivity index (χ1) is 15.7. The van der Waals surface area contributed by atoms with Gasteiger partial charge in [-0.3, -0.25) is 14.4 Å². The molecule has 3 rings (SSSR count). The Labute approximate surface area is 193 Å². The van der Waals surface area contributed by atoms with Crippen LogP contribution in [0.25, 0.3) is 0 Å². The molecule has 1 fully saturated rings. The maximum absolute atomic E-state index is 12.9. The van der Waals surface area contributed by atoms with E-state index in [2.05, 4.69) is 10.6 Å². The number of Topliss-reactive ketones (excluding diaryl/α,β-unsaturated/α-hetero) is 1. The molecule has 2 amide bonds. The Morgan fingerprint density at radius 2 is 1.94 bits per heavy atom. The third kappa shape index (κ3) is 5.72. The number of amides is 2. The smallest absolute Gasteiger partial charge is 0.245 e. The van der Waals surface area contributed by atoms with Crippen LogP contribution in [-0.4, -0.2) is 72.4 Å². The van der Waals surface area contributed by atoms with E-state index in [4.69, 9.17) is 9.47 Å². The van der Waals surface area contributed by atoms with E-state index in [-0.39, 0.29) is 24.3 Å². The molecule has 4 atom stereocenters. The lowest BCUT2D eigenvalue weighted by molar-refractivity contribution is -0.135. The van der Waals surface area contributed by atoms with Gasteiger partial charge in [-0.15, -0.1) is 0 Å². The number of hydrogen-bond acceptors (Lipinski definition) is 7. The van der Waals surface area contributed by atoms with Crippen LogP contribution in [0, 0.1) is 11.8 Å². The molecule has 2 aliphatic rings. The van der Waals surface area contributed by atoms with Gasteiger partial charge in [-0.05, 0) is 48.8 Å². The highest BCUT2D eigenvalue weighted by molar-refractivity contribution is 5.98. The molecule has 3 unspecified atom stereocenters. The molecule has 182 valence electrons. The van der Waals surface area contributed by atoms with Crippen LogP contribution in [-0.2, 0) is 32.0 Å². The van der Waals surface area contributed by atoms with Crippen molar-refractivity contribution in [1.82, 2.24) is 10.6 Å². The van der Waals surface area contributed by atoms with Crippen molar-refractivity contribution >= 4 is 17.6 Å².